The van der Waals surface area contributed by atoms with Crippen molar-refractivity contribution in [2.24, 2.45) is 5.84 Å². The minimum absolute atomic E-state index is 0.163. The van der Waals surface area contributed by atoms with Gasteiger partial charge in [-0.3, -0.25) is 15.1 Å². The Kier molecular flexibility index (Phi) is 3.46. The van der Waals surface area contributed by atoms with Gasteiger partial charge in [0.05, 0.1) is 13.2 Å². The van der Waals surface area contributed by atoms with Gasteiger partial charge in [-0.1, -0.05) is 0 Å². The highest BCUT2D eigenvalue weighted by molar-refractivity contribution is 5.77. The van der Waals surface area contributed by atoms with Crippen LogP contribution in [0.3, 0.4) is 0 Å². The molecule has 0 bridgehead atoms. The lowest BCUT2D eigenvalue weighted by molar-refractivity contribution is -0.122. The molecule has 3 N–H and O–H groups in total. The average Bonchev–Trinajstić information content (AvgIpc) is 2.56. The summed E-state index contributed by atoms with van der Waals surface area (Å²) in [7, 11) is 1.90. The highest BCUT2D eigenvalue weighted by Gasteiger charge is 2.21. The molecule has 1 heterocycles. The van der Waals surface area contributed by atoms with E-state index in [0.29, 0.717) is 19.2 Å². The highest BCUT2D eigenvalue weighted by Crippen LogP contribution is 2.09. The lowest BCUT2D eigenvalue weighted by Crippen LogP contribution is -2.43. The zero-order valence-electron chi connectivity index (χ0n) is 7.25. The normalized spacial score (nSPS) is 23.1. The summed E-state index contributed by atoms with van der Waals surface area (Å²) in [5, 5.41) is 0. The van der Waals surface area contributed by atoms with Gasteiger partial charge in [-0.05, 0) is 13.5 Å². The molecule has 1 aliphatic rings. The summed E-state index contributed by atoms with van der Waals surface area (Å²) in [6.07, 6.45) is 0.994. The largest absolute Gasteiger partial charge is 0.380 e. The van der Waals surface area contributed by atoms with Crippen molar-refractivity contribution in [3.63, 3.8) is 0 Å². The number of ether oxygens (including phenoxy) is 1. The molecular weight excluding hydrogens is 158 g/mol. The van der Waals surface area contributed by atoms with E-state index in [0.717, 1.165) is 13.0 Å². The molecule has 1 saturated heterocycles. The molecule has 0 aromatic heterocycles. The maximum atomic E-state index is 10.9. The van der Waals surface area contributed by atoms with Gasteiger partial charge in [-0.2, -0.15) is 0 Å². The molecule has 1 amide bonds. The molecule has 1 aliphatic heterocycles. The third-order valence-electron chi connectivity index (χ3n) is 2.08. The molecule has 0 radical (unpaired) electrons. The number of nitrogens with one attached hydrogen (secondary N) is 1. The van der Waals surface area contributed by atoms with Crippen LogP contribution in [0.1, 0.15) is 6.42 Å². The van der Waals surface area contributed by atoms with Gasteiger partial charge in [0.1, 0.15) is 0 Å². The summed E-state index contributed by atoms with van der Waals surface area (Å²) in [4.78, 5) is 12.8. The molecule has 1 rings (SSSR count). The first-order chi connectivity index (χ1) is 5.74. The van der Waals surface area contributed by atoms with Gasteiger partial charge >= 0.3 is 0 Å². The third-order valence-corrected chi connectivity index (χ3v) is 2.08. The van der Waals surface area contributed by atoms with Crippen molar-refractivity contribution in [1.82, 2.24) is 10.3 Å². The lowest BCUT2D eigenvalue weighted by atomic mass is 10.2. The van der Waals surface area contributed by atoms with E-state index < -0.39 is 0 Å². The Morgan fingerprint density at radius 3 is 3.08 bits per heavy atom. The molecule has 0 spiro atoms. The minimum atomic E-state index is -0.163. The van der Waals surface area contributed by atoms with Crippen LogP contribution >= 0.6 is 0 Å². The van der Waals surface area contributed by atoms with E-state index in [-0.39, 0.29) is 5.91 Å². The van der Waals surface area contributed by atoms with E-state index in [1.54, 1.807) is 0 Å². The number of hydrogen-bond acceptors (Lipinski definition) is 4. The number of nitrogens with zero attached hydrogens (tertiary/aromatic N) is 1. The van der Waals surface area contributed by atoms with Crippen LogP contribution in [-0.2, 0) is 9.53 Å². The molecule has 1 atom stereocenters. The number of hydrogen-bond donors (Lipinski definition) is 2. The smallest absolute Gasteiger partial charge is 0.248 e. The van der Waals surface area contributed by atoms with Crippen molar-refractivity contribution in [2.45, 2.75) is 12.5 Å². The van der Waals surface area contributed by atoms with Gasteiger partial charge in [0.15, 0.2) is 0 Å². The van der Waals surface area contributed by atoms with Crippen LogP contribution in [0.25, 0.3) is 0 Å². The highest BCUT2D eigenvalue weighted by atomic mass is 16.5. The number of amides is 1. The molecule has 0 saturated carbocycles. The van der Waals surface area contributed by atoms with E-state index in [1.165, 1.54) is 0 Å². The van der Waals surface area contributed by atoms with Crippen molar-refractivity contribution in [2.75, 3.05) is 26.8 Å². The van der Waals surface area contributed by atoms with Crippen LogP contribution in [0.15, 0.2) is 0 Å². The molecule has 70 valence electrons. The van der Waals surface area contributed by atoms with Gasteiger partial charge in [0, 0.05) is 12.6 Å². The van der Waals surface area contributed by atoms with E-state index in [2.05, 4.69) is 5.43 Å². The number of carbonyl (C=O) groups excluding carboxylic acids is 1. The van der Waals surface area contributed by atoms with Gasteiger partial charge < -0.3 is 4.74 Å². The number of hydrazine groups is 1. The molecule has 0 aliphatic carbocycles. The fourth-order valence-corrected chi connectivity index (χ4v) is 1.27. The molecule has 0 aromatic carbocycles. The number of rotatable bonds is 3. The predicted molar refractivity (Wildman–Crippen MR) is 44.2 cm³/mol. The molecule has 5 nitrogen and oxygen atoms in total. The number of likely N-dealkylation sites (N-methyl/N-ethyl adjacent to an activating group) is 1. The van der Waals surface area contributed by atoms with Crippen molar-refractivity contribution in [1.29, 1.82) is 0 Å². The molecule has 1 fully saturated rings. The second-order valence-electron chi connectivity index (χ2n) is 3.00. The molecule has 0 aromatic rings. The van der Waals surface area contributed by atoms with Gasteiger partial charge in [-0.25, -0.2) is 5.84 Å². The van der Waals surface area contributed by atoms with Gasteiger partial charge in [0.2, 0.25) is 5.91 Å². The van der Waals surface area contributed by atoms with Crippen LogP contribution in [0, 0.1) is 0 Å². The summed E-state index contributed by atoms with van der Waals surface area (Å²) in [6, 6.07) is 0.363. The first kappa shape index (κ1) is 9.44. The molecule has 12 heavy (non-hydrogen) atoms. The summed E-state index contributed by atoms with van der Waals surface area (Å²) in [6.45, 7) is 1.85. The molecule has 5 heteroatoms. The summed E-state index contributed by atoms with van der Waals surface area (Å²) in [5.41, 5.74) is 2.10. The summed E-state index contributed by atoms with van der Waals surface area (Å²) in [5.74, 6) is 4.80. The topological polar surface area (TPSA) is 67.6 Å². The van der Waals surface area contributed by atoms with Crippen molar-refractivity contribution < 1.29 is 9.53 Å². The third kappa shape index (κ3) is 2.44. The standard InChI is InChI=1S/C7H15N3O2/c1-10(4-7(11)9-8)6-2-3-12-5-6/h6H,2-5,8H2,1H3,(H,9,11). The van der Waals surface area contributed by atoms with Crippen molar-refractivity contribution in [3.05, 3.63) is 0 Å². The van der Waals surface area contributed by atoms with Crippen molar-refractivity contribution >= 4 is 5.91 Å². The average molecular weight is 173 g/mol. The van der Waals surface area contributed by atoms with E-state index in [1.807, 2.05) is 11.9 Å². The monoisotopic (exact) mass is 173 g/mol. The first-order valence-electron chi connectivity index (χ1n) is 4.01. The fraction of sp³-hybridized carbons (Fsp3) is 0.857. The van der Waals surface area contributed by atoms with Crippen LogP contribution in [-0.4, -0.2) is 43.7 Å². The maximum Gasteiger partial charge on any atom is 0.248 e. The van der Waals surface area contributed by atoms with E-state index in [9.17, 15) is 4.79 Å². The number of carbonyl (C=O) groups is 1. The van der Waals surface area contributed by atoms with Gasteiger partial charge in [-0.15, -0.1) is 0 Å². The fourth-order valence-electron chi connectivity index (χ4n) is 1.27. The van der Waals surface area contributed by atoms with E-state index >= 15 is 0 Å². The quantitative estimate of drug-likeness (QED) is 0.316. The number of nitrogens with two attached hydrogens (primary N) is 1. The Balaban J connectivity index is 2.26. The Hall–Kier alpha value is -0.650. The first-order valence-corrected chi connectivity index (χ1v) is 4.01. The van der Waals surface area contributed by atoms with Gasteiger partial charge in [0.25, 0.3) is 0 Å². The van der Waals surface area contributed by atoms with Crippen LogP contribution in [0.2, 0.25) is 0 Å². The second kappa shape index (κ2) is 4.39. The Morgan fingerprint density at radius 1 is 1.83 bits per heavy atom. The molecular formula is C7H15N3O2. The van der Waals surface area contributed by atoms with Crippen LogP contribution in [0.5, 0.6) is 0 Å². The zero-order valence-corrected chi connectivity index (χ0v) is 7.25. The Bertz CT molecular complexity index is 157. The van der Waals surface area contributed by atoms with Crippen LogP contribution < -0.4 is 11.3 Å². The Labute approximate surface area is 71.8 Å². The van der Waals surface area contributed by atoms with Crippen molar-refractivity contribution in [3.8, 4) is 0 Å². The lowest BCUT2D eigenvalue weighted by Gasteiger charge is -2.21. The molecule has 1 unspecified atom stereocenters. The van der Waals surface area contributed by atoms with E-state index in [4.69, 9.17) is 10.6 Å². The Morgan fingerprint density at radius 2 is 2.58 bits per heavy atom. The summed E-state index contributed by atoms with van der Waals surface area (Å²) >= 11 is 0. The zero-order chi connectivity index (χ0) is 8.97. The SMILES string of the molecule is CN(CC(=O)NN)C1CCOC1. The minimum Gasteiger partial charge on any atom is -0.380 e. The maximum absolute atomic E-state index is 10.9. The predicted octanol–water partition coefficient (Wildman–Crippen LogP) is -1.30. The second-order valence-corrected chi connectivity index (χ2v) is 3.00. The van der Waals surface area contributed by atoms with Crippen LogP contribution in [0.4, 0.5) is 0 Å². The summed E-state index contributed by atoms with van der Waals surface area (Å²) < 4.78 is 5.19.